The second-order valence-electron chi connectivity index (χ2n) is 4.71. The smallest absolute Gasteiger partial charge is 0.137 e. The van der Waals surface area contributed by atoms with Crippen LogP contribution in [-0.2, 0) is 12.8 Å². The fourth-order valence-electron chi connectivity index (χ4n) is 2.60. The van der Waals surface area contributed by atoms with Gasteiger partial charge in [0.05, 0.1) is 5.69 Å². The molecule has 0 radical (unpaired) electrons. The topological polar surface area (TPSA) is 17.3 Å². The van der Waals surface area contributed by atoms with Crippen LogP contribution in [0, 0.1) is 12.8 Å². The van der Waals surface area contributed by atoms with Gasteiger partial charge in [-0.05, 0) is 44.2 Å². The number of hydrogen-bond donors (Lipinski definition) is 0. The molecular weight excluding hydrogens is 184 g/mol. The fraction of sp³-hybridized carbons (Fsp3) is 0.462. The average Bonchev–Trinajstić information content (AvgIpc) is 2.57. The zero-order valence-electron chi connectivity index (χ0n) is 9.33. The highest BCUT2D eigenvalue weighted by molar-refractivity contribution is 5.45. The SMILES string of the molecule is Cc1cccc2nc3c(n12)CC(C)CC3. The van der Waals surface area contributed by atoms with E-state index in [4.69, 9.17) is 4.98 Å². The second-order valence-corrected chi connectivity index (χ2v) is 4.71. The van der Waals surface area contributed by atoms with Crippen LogP contribution in [0.2, 0.25) is 0 Å². The third-order valence-electron chi connectivity index (χ3n) is 3.43. The minimum atomic E-state index is 0.803. The number of aryl methyl sites for hydroxylation is 2. The zero-order chi connectivity index (χ0) is 10.4. The summed E-state index contributed by atoms with van der Waals surface area (Å²) in [7, 11) is 0. The first kappa shape index (κ1) is 8.96. The van der Waals surface area contributed by atoms with Gasteiger partial charge in [0.15, 0.2) is 0 Å². The maximum absolute atomic E-state index is 4.71. The van der Waals surface area contributed by atoms with E-state index in [-0.39, 0.29) is 0 Å². The van der Waals surface area contributed by atoms with Gasteiger partial charge in [-0.1, -0.05) is 13.0 Å². The zero-order valence-corrected chi connectivity index (χ0v) is 9.33. The number of hydrogen-bond acceptors (Lipinski definition) is 1. The van der Waals surface area contributed by atoms with Crippen molar-refractivity contribution in [2.24, 2.45) is 5.92 Å². The van der Waals surface area contributed by atoms with Crippen molar-refractivity contribution in [3.8, 4) is 0 Å². The molecule has 15 heavy (non-hydrogen) atoms. The number of pyridine rings is 1. The van der Waals surface area contributed by atoms with Crippen molar-refractivity contribution >= 4 is 5.65 Å². The molecule has 2 aromatic rings. The molecule has 3 rings (SSSR count). The summed E-state index contributed by atoms with van der Waals surface area (Å²) >= 11 is 0. The Morgan fingerprint density at radius 2 is 2.27 bits per heavy atom. The summed E-state index contributed by atoms with van der Waals surface area (Å²) in [5.41, 5.74) is 5.19. The van der Waals surface area contributed by atoms with Crippen molar-refractivity contribution in [1.82, 2.24) is 9.38 Å². The van der Waals surface area contributed by atoms with Crippen LogP contribution in [0.1, 0.15) is 30.4 Å². The van der Waals surface area contributed by atoms with E-state index in [1.165, 1.54) is 29.9 Å². The molecule has 0 aromatic carbocycles. The lowest BCUT2D eigenvalue weighted by atomic mass is 9.91. The molecule has 1 atom stereocenters. The highest BCUT2D eigenvalue weighted by atomic mass is 15.0. The van der Waals surface area contributed by atoms with Crippen molar-refractivity contribution in [1.29, 1.82) is 0 Å². The van der Waals surface area contributed by atoms with Crippen LogP contribution in [0.4, 0.5) is 0 Å². The molecule has 0 bridgehead atoms. The molecular formula is C13H16N2. The molecule has 0 N–H and O–H groups in total. The van der Waals surface area contributed by atoms with Crippen LogP contribution < -0.4 is 0 Å². The van der Waals surface area contributed by atoms with Crippen LogP contribution >= 0.6 is 0 Å². The Labute approximate surface area is 90.0 Å². The summed E-state index contributed by atoms with van der Waals surface area (Å²) in [4.78, 5) is 4.71. The Kier molecular flexibility index (Phi) is 1.84. The van der Waals surface area contributed by atoms with E-state index in [9.17, 15) is 0 Å². The van der Waals surface area contributed by atoms with Crippen molar-refractivity contribution in [2.45, 2.75) is 33.1 Å². The minimum absolute atomic E-state index is 0.803. The molecule has 0 fully saturated rings. The number of aromatic nitrogens is 2. The molecule has 0 saturated heterocycles. The maximum atomic E-state index is 4.71. The van der Waals surface area contributed by atoms with Crippen LogP contribution in [0.3, 0.4) is 0 Å². The summed E-state index contributed by atoms with van der Waals surface area (Å²) in [6.07, 6.45) is 3.62. The van der Waals surface area contributed by atoms with Gasteiger partial charge in [0, 0.05) is 11.4 Å². The van der Waals surface area contributed by atoms with Crippen molar-refractivity contribution < 1.29 is 0 Å². The molecule has 2 aromatic heterocycles. The third-order valence-corrected chi connectivity index (χ3v) is 3.43. The van der Waals surface area contributed by atoms with Crippen LogP contribution in [0.25, 0.3) is 5.65 Å². The predicted octanol–water partition coefficient (Wildman–Crippen LogP) is 2.77. The van der Waals surface area contributed by atoms with E-state index in [2.05, 4.69) is 36.4 Å². The van der Waals surface area contributed by atoms with Gasteiger partial charge in [0.1, 0.15) is 5.65 Å². The fourth-order valence-corrected chi connectivity index (χ4v) is 2.60. The number of rotatable bonds is 0. The molecule has 0 aliphatic heterocycles. The average molecular weight is 200 g/mol. The van der Waals surface area contributed by atoms with Crippen molar-refractivity contribution in [2.75, 3.05) is 0 Å². The first-order valence-electron chi connectivity index (χ1n) is 5.71. The molecule has 2 nitrogen and oxygen atoms in total. The molecule has 2 heteroatoms. The Hall–Kier alpha value is -1.31. The molecule has 0 spiro atoms. The first-order valence-corrected chi connectivity index (χ1v) is 5.71. The quantitative estimate of drug-likeness (QED) is 0.639. The molecule has 78 valence electrons. The van der Waals surface area contributed by atoms with Crippen LogP contribution in [0.15, 0.2) is 18.2 Å². The summed E-state index contributed by atoms with van der Waals surface area (Å²) < 4.78 is 2.32. The third kappa shape index (κ3) is 1.28. The molecule has 1 aliphatic rings. The van der Waals surface area contributed by atoms with E-state index in [0.29, 0.717) is 0 Å². The van der Waals surface area contributed by atoms with Crippen LogP contribution in [-0.4, -0.2) is 9.38 Å². The monoisotopic (exact) mass is 200 g/mol. The molecule has 1 aliphatic carbocycles. The summed E-state index contributed by atoms with van der Waals surface area (Å²) in [5.74, 6) is 0.803. The van der Waals surface area contributed by atoms with Gasteiger partial charge in [0.25, 0.3) is 0 Å². The van der Waals surface area contributed by atoms with E-state index in [0.717, 1.165) is 18.0 Å². The summed E-state index contributed by atoms with van der Waals surface area (Å²) in [5, 5.41) is 0. The van der Waals surface area contributed by atoms with Crippen molar-refractivity contribution in [3.05, 3.63) is 35.3 Å². The van der Waals surface area contributed by atoms with Crippen LogP contribution in [0.5, 0.6) is 0 Å². The van der Waals surface area contributed by atoms with Gasteiger partial charge in [-0.25, -0.2) is 4.98 Å². The maximum Gasteiger partial charge on any atom is 0.137 e. The van der Waals surface area contributed by atoms with E-state index in [1.807, 2.05) is 0 Å². The van der Waals surface area contributed by atoms with Gasteiger partial charge in [-0.2, -0.15) is 0 Å². The summed E-state index contributed by atoms with van der Waals surface area (Å²) in [6, 6.07) is 6.36. The lowest BCUT2D eigenvalue weighted by molar-refractivity contribution is 0.488. The Morgan fingerprint density at radius 3 is 3.13 bits per heavy atom. The Balaban J connectivity index is 2.30. The summed E-state index contributed by atoms with van der Waals surface area (Å²) in [6.45, 7) is 4.49. The Bertz CT molecular complexity index is 510. The van der Waals surface area contributed by atoms with Gasteiger partial charge in [-0.15, -0.1) is 0 Å². The molecule has 0 saturated carbocycles. The number of nitrogens with zero attached hydrogens (tertiary/aromatic N) is 2. The first-order chi connectivity index (χ1) is 7.25. The minimum Gasteiger partial charge on any atom is -0.301 e. The normalized spacial score (nSPS) is 20.5. The second kappa shape index (κ2) is 3.09. The lowest BCUT2D eigenvalue weighted by Gasteiger charge is -2.18. The molecule has 2 heterocycles. The highest BCUT2D eigenvalue weighted by Gasteiger charge is 2.20. The molecule has 0 amide bonds. The van der Waals surface area contributed by atoms with Gasteiger partial charge in [-0.3, -0.25) is 0 Å². The van der Waals surface area contributed by atoms with E-state index < -0.39 is 0 Å². The molecule has 1 unspecified atom stereocenters. The highest BCUT2D eigenvalue weighted by Crippen LogP contribution is 2.26. The lowest BCUT2D eigenvalue weighted by Crippen LogP contribution is -2.12. The number of imidazole rings is 1. The van der Waals surface area contributed by atoms with E-state index >= 15 is 0 Å². The van der Waals surface area contributed by atoms with Gasteiger partial charge in [0.2, 0.25) is 0 Å². The van der Waals surface area contributed by atoms with Crippen molar-refractivity contribution in [3.63, 3.8) is 0 Å². The predicted molar refractivity (Wildman–Crippen MR) is 61.1 cm³/mol. The van der Waals surface area contributed by atoms with Gasteiger partial charge >= 0.3 is 0 Å². The largest absolute Gasteiger partial charge is 0.301 e. The Morgan fingerprint density at radius 1 is 1.40 bits per heavy atom. The number of fused-ring (bicyclic) bond motifs is 3. The van der Waals surface area contributed by atoms with E-state index in [1.54, 1.807) is 0 Å². The standard InChI is InChI=1S/C13H16N2/c1-9-6-7-11-12(8-9)15-10(2)4-3-5-13(15)14-11/h3-5,9H,6-8H2,1-2H3. The van der Waals surface area contributed by atoms with Gasteiger partial charge < -0.3 is 4.40 Å².